The lowest BCUT2D eigenvalue weighted by Gasteiger charge is -2.38. The maximum absolute atomic E-state index is 6.70. The molecule has 2 heterocycles. The molecule has 0 aliphatic heterocycles. The summed E-state index contributed by atoms with van der Waals surface area (Å²) in [5.41, 5.74) is 1.07. The Hall–Kier alpha value is -2.06. The molecule has 2 nitrogen and oxygen atoms in total. The molecule has 2 aromatic heterocycles. The summed E-state index contributed by atoms with van der Waals surface area (Å²) in [5, 5.41) is 2.17. The maximum Gasteiger partial charge on any atom is 0.193 e. The Bertz CT molecular complexity index is 938. The monoisotopic (exact) mass is 408 g/mol. The van der Waals surface area contributed by atoms with E-state index in [2.05, 4.69) is 57.8 Å². The van der Waals surface area contributed by atoms with Gasteiger partial charge in [-0.25, -0.2) is 0 Å². The van der Waals surface area contributed by atoms with E-state index in [1.165, 1.54) is 0 Å². The molecule has 28 heavy (non-hydrogen) atoms. The van der Waals surface area contributed by atoms with Gasteiger partial charge in [-0.2, -0.15) is 0 Å². The van der Waals surface area contributed by atoms with Gasteiger partial charge in [0.05, 0.1) is 4.88 Å². The summed E-state index contributed by atoms with van der Waals surface area (Å²) < 4.78 is 12.9. The summed E-state index contributed by atoms with van der Waals surface area (Å²) in [6.45, 7) is 11.3. The Labute approximate surface area is 173 Å². The normalized spacial score (nSPS) is 13.0. The van der Waals surface area contributed by atoms with E-state index in [4.69, 9.17) is 8.84 Å². The van der Waals surface area contributed by atoms with Crippen molar-refractivity contribution in [1.82, 2.24) is 0 Å². The molecular formula is C24H28O2SSi. The van der Waals surface area contributed by atoms with Gasteiger partial charge in [-0.15, -0.1) is 11.3 Å². The molecule has 1 unspecified atom stereocenters. The fourth-order valence-electron chi connectivity index (χ4n) is 2.60. The molecule has 0 fully saturated rings. The van der Waals surface area contributed by atoms with E-state index < -0.39 is 8.32 Å². The minimum atomic E-state index is -1.96. The van der Waals surface area contributed by atoms with E-state index in [1.807, 2.05) is 47.8 Å². The fourth-order valence-corrected chi connectivity index (χ4v) is 4.45. The van der Waals surface area contributed by atoms with E-state index in [1.54, 1.807) is 11.3 Å². The van der Waals surface area contributed by atoms with Crippen LogP contribution >= 0.6 is 11.3 Å². The molecule has 1 atom stereocenters. The van der Waals surface area contributed by atoms with Crippen molar-refractivity contribution in [1.29, 1.82) is 0 Å². The summed E-state index contributed by atoms with van der Waals surface area (Å²) in [4.78, 5) is 1.08. The van der Waals surface area contributed by atoms with Gasteiger partial charge in [0.1, 0.15) is 17.6 Å². The topological polar surface area (TPSA) is 22.4 Å². The standard InChI is InChI=1S/C24H28O2SSi/c1-24(2,3)28(4,5)26-23(15-9-13-20-14-10-18-27-20)22-17-16-21(25-22)19-11-7-6-8-12-19/h6-8,10-12,14,16-18,23H,15H2,1-5H3. The van der Waals surface area contributed by atoms with E-state index in [0.29, 0.717) is 6.42 Å². The lowest BCUT2D eigenvalue weighted by Crippen LogP contribution is -2.41. The highest BCUT2D eigenvalue weighted by molar-refractivity contribution is 7.10. The van der Waals surface area contributed by atoms with Crippen molar-refractivity contribution in [2.45, 2.75) is 51.4 Å². The van der Waals surface area contributed by atoms with Crippen LogP contribution in [0.2, 0.25) is 18.1 Å². The third kappa shape index (κ3) is 5.05. The van der Waals surface area contributed by atoms with Crippen molar-refractivity contribution < 1.29 is 8.84 Å². The van der Waals surface area contributed by atoms with Crippen molar-refractivity contribution in [2.24, 2.45) is 0 Å². The summed E-state index contributed by atoms with van der Waals surface area (Å²) in [5.74, 6) is 8.27. The van der Waals surface area contributed by atoms with E-state index in [9.17, 15) is 0 Å². The van der Waals surface area contributed by atoms with E-state index in [0.717, 1.165) is 22.0 Å². The molecular weight excluding hydrogens is 380 g/mol. The first-order valence-electron chi connectivity index (χ1n) is 9.62. The molecule has 0 N–H and O–H groups in total. The van der Waals surface area contributed by atoms with Crippen LogP contribution in [0.5, 0.6) is 0 Å². The summed E-state index contributed by atoms with van der Waals surface area (Å²) >= 11 is 1.66. The second-order valence-electron chi connectivity index (χ2n) is 8.42. The zero-order valence-electron chi connectivity index (χ0n) is 17.3. The second-order valence-corrected chi connectivity index (χ2v) is 14.1. The highest BCUT2D eigenvalue weighted by Gasteiger charge is 2.40. The molecule has 3 rings (SSSR count). The lowest BCUT2D eigenvalue weighted by atomic mass is 10.2. The van der Waals surface area contributed by atoms with Crippen LogP contribution in [0.4, 0.5) is 0 Å². The van der Waals surface area contributed by atoms with Crippen LogP contribution in [0.1, 0.15) is 43.9 Å². The van der Waals surface area contributed by atoms with Crippen molar-refractivity contribution in [2.75, 3.05) is 0 Å². The van der Waals surface area contributed by atoms with Gasteiger partial charge < -0.3 is 8.84 Å². The second kappa shape index (κ2) is 8.53. The Morgan fingerprint density at radius 3 is 2.43 bits per heavy atom. The average Bonchev–Trinajstić information content (AvgIpc) is 3.32. The van der Waals surface area contributed by atoms with E-state index >= 15 is 0 Å². The number of thiophene rings is 1. The molecule has 0 bridgehead atoms. The molecule has 3 aromatic rings. The number of benzene rings is 1. The van der Waals surface area contributed by atoms with Gasteiger partial charge in [0.15, 0.2) is 8.32 Å². The summed E-state index contributed by atoms with van der Waals surface area (Å²) in [6.07, 6.45) is 0.456. The van der Waals surface area contributed by atoms with Crippen molar-refractivity contribution in [3.63, 3.8) is 0 Å². The SMILES string of the molecule is CC(C)(C)[Si](C)(C)OC(CC#Cc1cccs1)c1ccc(-c2ccccc2)o1. The van der Waals surface area contributed by atoms with Gasteiger partial charge in [-0.1, -0.05) is 69.0 Å². The number of furan rings is 1. The van der Waals surface area contributed by atoms with Gasteiger partial charge >= 0.3 is 0 Å². The van der Waals surface area contributed by atoms with Gasteiger partial charge in [-0.05, 0) is 41.7 Å². The number of rotatable bonds is 5. The molecule has 4 heteroatoms. The molecule has 0 aliphatic rings. The van der Waals surface area contributed by atoms with Crippen LogP contribution in [0, 0.1) is 11.8 Å². The van der Waals surface area contributed by atoms with Crippen LogP contribution in [-0.2, 0) is 4.43 Å². The minimum Gasteiger partial charge on any atom is -0.458 e. The smallest absolute Gasteiger partial charge is 0.193 e. The largest absolute Gasteiger partial charge is 0.458 e. The molecule has 1 aromatic carbocycles. The number of hydrogen-bond acceptors (Lipinski definition) is 3. The Kier molecular flexibility index (Phi) is 6.29. The van der Waals surface area contributed by atoms with Crippen LogP contribution in [0.15, 0.2) is 64.4 Å². The van der Waals surface area contributed by atoms with Crippen LogP contribution < -0.4 is 0 Å². The molecule has 0 saturated heterocycles. The molecule has 0 radical (unpaired) electrons. The van der Waals surface area contributed by atoms with Gasteiger partial charge in [0.25, 0.3) is 0 Å². The third-order valence-corrected chi connectivity index (χ3v) is 10.5. The molecule has 0 amide bonds. The highest BCUT2D eigenvalue weighted by atomic mass is 32.1. The third-order valence-electron chi connectivity index (χ3n) is 5.27. The molecule has 0 spiro atoms. The maximum atomic E-state index is 6.70. The Balaban J connectivity index is 1.86. The van der Waals surface area contributed by atoms with Gasteiger partial charge in [0.2, 0.25) is 0 Å². The van der Waals surface area contributed by atoms with Gasteiger partial charge in [-0.3, -0.25) is 0 Å². The lowest BCUT2D eigenvalue weighted by molar-refractivity contribution is 0.163. The van der Waals surface area contributed by atoms with E-state index in [-0.39, 0.29) is 11.1 Å². The Morgan fingerprint density at radius 2 is 1.79 bits per heavy atom. The average molecular weight is 409 g/mol. The summed E-state index contributed by atoms with van der Waals surface area (Å²) in [7, 11) is -1.96. The van der Waals surface area contributed by atoms with Crippen LogP contribution in [-0.4, -0.2) is 8.32 Å². The molecule has 146 valence electrons. The first-order valence-corrected chi connectivity index (χ1v) is 13.4. The Morgan fingerprint density at radius 1 is 1.04 bits per heavy atom. The quantitative estimate of drug-likeness (QED) is 0.322. The fraction of sp³-hybridized carbons (Fsp3) is 0.333. The first kappa shape index (κ1) is 20.7. The first-order chi connectivity index (χ1) is 13.3. The molecule has 0 aliphatic carbocycles. The highest BCUT2D eigenvalue weighted by Crippen LogP contribution is 2.41. The molecule has 0 saturated carbocycles. The van der Waals surface area contributed by atoms with Gasteiger partial charge in [0, 0.05) is 12.0 Å². The van der Waals surface area contributed by atoms with Crippen LogP contribution in [0.25, 0.3) is 11.3 Å². The minimum absolute atomic E-state index is 0.126. The predicted octanol–water partition coefficient (Wildman–Crippen LogP) is 7.51. The van der Waals surface area contributed by atoms with Crippen molar-refractivity contribution >= 4 is 19.7 Å². The van der Waals surface area contributed by atoms with Crippen molar-refractivity contribution in [3.05, 3.63) is 70.6 Å². The number of hydrogen-bond donors (Lipinski definition) is 0. The zero-order valence-corrected chi connectivity index (χ0v) is 19.1. The summed E-state index contributed by atoms with van der Waals surface area (Å²) in [6, 6.07) is 18.3. The van der Waals surface area contributed by atoms with Crippen LogP contribution in [0.3, 0.4) is 0 Å². The zero-order chi connectivity index (χ0) is 20.2. The predicted molar refractivity (Wildman–Crippen MR) is 121 cm³/mol. The van der Waals surface area contributed by atoms with Crippen molar-refractivity contribution in [3.8, 4) is 23.2 Å².